The molecule has 1 spiro atoms. The molecule has 0 bridgehead atoms. The predicted molar refractivity (Wildman–Crippen MR) is 263 cm³/mol. The molecule has 6 aliphatic rings. The van der Waals surface area contributed by atoms with Crippen molar-refractivity contribution in [3.05, 3.63) is 71.8 Å². The Bertz CT molecular complexity index is 2410. The third kappa shape index (κ3) is 8.20. The van der Waals surface area contributed by atoms with Gasteiger partial charge in [0.25, 0.3) is 0 Å². The van der Waals surface area contributed by atoms with Gasteiger partial charge in [0.1, 0.15) is 23.3 Å². The quantitative estimate of drug-likeness (QED) is 0.0759. The van der Waals surface area contributed by atoms with E-state index in [1.54, 1.807) is 12.1 Å². The van der Waals surface area contributed by atoms with Crippen LogP contribution in [0.5, 0.6) is 11.5 Å². The number of ether oxygens (including phenoxy) is 3. The Hall–Kier alpha value is -4.86. The molecular weight excluding hydrogens is 825 g/mol. The maximum Gasteiger partial charge on any atom is 0.407 e. The summed E-state index contributed by atoms with van der Waals surface area (Å²) in [7, 11) is 2.03. The summed E-state index contributed by atoms with van der Waals surface area (Å²) in [6.07, 6.45) is 17.2. The molecule has 3 saturated carbocycles. The van der Waals surface area contributed by atoms with E-state index in [9.17, 15) is 14.4 Å². The number of carbonyl (C=O) groups is 3. The third-order valence-electron chi connectivity index (χ3n) is 17.9. The highest BCUT2D eigenvalue weighted by molar-refractivity contribution is 6.00. The SMILES string of the molecule is CC(C)CCC[C@@H](C)[C@H]1CC[C@H]2[C@@H]3CC=C4C[C@@H](OC(=O)NCCNC(=O)CCC(=O)Oc5ccc6ccc7c(c6c5)N=CC5(O7)N(C)c6ccccc6C5(C)C)CC[C@]4(C)[C@H]3CC[C@]12C. The fourth-order valence-corrected chi connectivity index (χ4v) is 14.2. The number of esters is 1. The molecule has 9 rings (SSSR count). The lowest BCUT2D eigenvalue weighted by molar-refractivity contribution is -0.136. The molecule has 9 atom stereocenters. The van der Waals surface area contributed by atoms with E-state index in [2.05, 4.69) is 88.3 Å². The predicted octanol–water partition coefficient (Wildman–Crippen LogP) is 12.0. The van der Waals surface area contributed by atoms with Crippen LogP contribution in [-0.4, -0.2) is 56.2 Å². The normalized spacial score (nSPS) is 30.6. The fourth-order valence-electron chi connectivity index (χ4n) is 14.2. The van der Waals surface area contributed by atoms with Crippen LogP contribution < -0.4 is 25.0 Å². The standard InChI is InChI=1S/C56H74N4O6/c1-35(2)12-11-13-36(3)43-21-22-44-41-20-18-38-32-40(26-28-54(38,6)45(41)27-29-55(43,44)7)65-52(63)58-31-30-57-49(61)24-25-50(62)64-39-19-16-37-17-23-48-51(42(37)33-39)59-34-56(66-48)53(4,5)46-14-9-10-15-47(46)60(56)8/h9-10,14-19,23,33-36,40-41,43-45H,11-13,20-22,24-32H2,1-8H3,(H,57,61)(H,58,63)/t36-,40+,41+,43-,44+,45+,54+,55-,56?/m1/s1. The van der Waals surface area contributed by atoms with Gasteiger partial charge in [0.2, 0.25) is 11.6 Å². The smallest absolute Gasteiger partial charge is 0.407 e. The zero-order valence-electron chi connectivity index (χ0n) is 40.8. The summed E-state index contributed by atoms with van der Waals surface area (Å²) in [5.41, 5.74) is 3.97. The Balaban J connectivity index is 0.705. The lowest BCUT2D eigenvalue weighted by Gasteiger charge is -2.58. The van der Waals surface area contributed by atoms with E-state index >= 15 is 0 Å². The van der Waals surface area contributed by atoms with Gasteiger partial charge in [-0.1, -0.05) is 95.9 Å². The number of carbonyl (C=O) groups excluding carboxylic acids is 3. The van der Waals surface area contributed by atoms with Crippen molar-refractivity contribution in [1.29, 1.82) is 0 Å². The van der Waals surface area contributed by atoms with Gasteiger partial charge in [-0.3, -0.25) is 14.6 Å². The highest BCUT2D eigenvalue weighted by Crippen LogP contribution is 2.67. The van der Waals surface area contributed by atoms with Gasteiger partial charge in [-0.15, -0.1) is 0 Å². The van der Waals surface area contributed by atoms with Crippen LogP contribution >= 0.6 is 0 Å². The van der Waals surface area contributed by atoms with Gasteiger partial charge in [0.05, 0.1) is 18.1 Å². The number of amides is 2. The van der Waals surface area contributed by atoms with Crippen molar-refractivity contribution in [2.45, 2.75) is 149 Å². The van der Waals surface area contributed by atoms with Gasteiger partial charge in [-0.2, -0.15) is 0 Å². The molecule has 354 valence electrons. The summed E-state index contributed by atoms with van der Waals surface area (Å²) in [4.78, 5) is 45.6. The minimum Gasteiger partial charge on any atom is -0.459 e. The van der Waals surface area contributed by atoms with E-state index in [0.29, 0.717) is 22.6 Å². The van der Waals surface area contributed by atoms with Crippen LogP contribution in [0, 0.1) is 46.3 Å². The zero-order valence-corrected chi connectivity index (χ0v) is 40.8. The van der Waals surface area contributed by atoms with Gasteiger partial charge >= 0.3 is 12.1 Å². The highest BCUT2D eigenvalue weighted by atomic mass is 16.6. The van der Waals surface area contributed by atoms with Crippen molar-refractivity contribution in [1.82, 2.24) is 10.6 Å². The molecular formula is C56H74N4O6. The second-order valence-corrected chi connectivity index (χ2v) is 22.4. The first kappa shape index (κ1) is 46.3. The van der Waals surface area contributed by atoms with Crippen LogP contribution in [0.2, 0.25) is 0 Å². The Kier molecular flexibility index (Phi) is 12.6. The van der Waals surface area contributed by atoms with E-state index < -0.39 is 17.8 Å². The van der Waals surface area contributed by atoms with Gasteiger partial charge in [0, 0.05) is 44.1 Å². The minimum atomic E-state index is -0.805. The molecule has 10 heteroatoms. The average Bonchev–Trinajstić information content (AvgIpc) is 3.73. The number of alkyl carbamates (subject to hydrolysis) is 1. The Morgan fingerprint density at radius 3 is 2.48 bits per heavy atom. The second kappa shape index (κ2) is 18.0. The van der Waals surface area contributed by atoms with Crippen molar-refractivity contribution in [2.24, 2.45) is 51.3 Å². The molecule has 0 saturated heterocycles. The van der Waals surface area contributed by atoms with Crippen LogP contribution in [0.3, 0.4) is 0 Å². The number of allylic oxidation sites excluding steroid dienone is 1. The van der Waals surface area contributed by atoms with E-state index in [0.717, 1.165) is 71.2 Å². The topological polar surface area (TPSA) is 119 Å². The van der Waals surface area contributed by atoms with Crippen LogP contribution in [-0.2, 0) is 19.7 Å². The number of anilines is 1. The number of nitrogens with zero attached hydrogens (tertiary/aromatic N) is 2. The Morgan fingerprint density at radius 1 is 0.894 bits per heavy atom. The van der Waals surface area contributed by atoms with Gasteiger partial charge in [-0.05, 0) is 140 Å². The number of benzene rings is 3. The van der Waals surface area contributed by atoms with Crippen LogP contribution in [0.25, 0.3) is 10.8 Å². The number of hydrogen-bond acceptors (Lipinski definition) is 8. The number of aliphatic imine (C=N–C) groups is 1. The molecule has 10 nitrogen and oxygen atoms in total. The maximum absolute atomic E-state index is 12.9. The van der Waals surface area contributed by atoms with E-state index in [4.69, 9.17) is 19.2 Å². The number of fused-ring (bicyclic) bond motifs is 9. The van der Waals surface area contributed by atoms with E-state index in [1.165, 1.54) is 62.5 Å². The molecule has 0 radical (unpaired) electrons. The van der Waals surface area contributed by atoms with Crippen molar-refractivity contribution < 1.29 is 28.6 Å². The average molecular weight is 899 g/mol. The number of likely N-dealkylation sites (N-methyl/N-ethyl adjacent to an activating group) is 1. The fraction of sp³-hybridized carbons (Fsp3) is 0.607. The molecule has 3 fully saturated rings. The molecule has 66 heavy (non-hydrogen) atoms. The van der Waals surface area contributed by atoms with E-state index in [1.807, 2.05) is 37.5 Å². The summed E-state index contributed by atoms with van der Waals surface area (Å²) in [5, 5.41) is 7.37. The monoisotopic (exact) mass is 899 g/mol. The zero-order chi connectivity index (χ0) is 46.6. The van der Waals surface area contributed by atoms with Crippen molar-refractivity contribution >= 4 is 46.3 Å². The summed E-state index contributed by atoms with van der Waals surface area (Å²) >= 11 is 0. The Morgan fingerprint density at radius 2 is 1.68 bits per heavy atom. The molecule has 2 aliphatic heterocycles. The second-order valence-electron chi connectivity index (χ2n) is 22.4. The summed E-state index contributed by atoms with van der Waals surface area (Å²) in [6.45, 7) is 17.2. The van der Waals surface area contributed by atoms with Crippen molar-refractivity contribution in [3.8, 4) is 11.5 Å². The molecule has 1 unspecified atom stereocenters. The van der Waals surface area contributed by atoms with Gasteiger partial charge in [-0.25, -0.2) is 4.79 Å². The summed E-state index contributed by atoms with van der Waals surface area (Å²) in [6, 6.07) is 17.7. The molecule has 4 aliphatic carbocycles. The van der Waals surface area contributed by atoms with Crippen LogP contribution in [0.15, 0.2) is 71.2 Å². The summed E-state index contributed by atoms with van der Waals surface area (Å²) < 4.78 is 18.5. The van der Waals surface area contributed by atoms with Crippen molar-refractivity contribution in [2.75, 3.05) is 25.0 Å². The molecule has 3 aromatic rings. The number of nitrogens with one attached hydrogen (secondary N) is 2. The van der Waals surface area contributed by atoms with Crippen LogP contribution in [0.1, 0.15) is 138 Å². The molecule has 0 aromatic heterocycles. The molecule has 2 amide bonds. The van der Waals surface area contributed by atoms with Crippen molar-refractivity contribution in [3.63, 3.8) is 0 Å². The molecule has 2 heterocycles. The third-order valence-corrected chi connectivity index (χ3v) is 17.9. The first-order valence-electron chi connectivity index (χ1n) is 25.3. The number of hydrogen-bond donors (Lipinski definition) is 2. The largest absolute Gasteiger partial charge is 0.459 e. The number of para-hydroxylation sites is 1. The van der Waals surface area contributed by atoms with Gasteiger partial charge in [0.15, 0.2) is 0 Å². The minimum absolute atomic E-state index is 0.0336. The van der Waals surface area contributed by atoms with Gasteiger partial charge < -0.3 is 29.7 Å². The molecule has 3 aromatic carbocycles. The first-order valence-corrected chi connectivity index (χ1v) is 25.3. The highest BCUT2D eigenvalue weighted by Gasteiger charge is 2.60. The van der Waals surface area contributed by atoms with E-state index in [-0.39, 0.29) is 48.8 Å². The van der Waals surface area contributed by atoms with Crippen LogP contribution in [0.4, 0.5) is 16.2 Å². The summed E-state index contributed by atoms with van der Waals surface area (Å²) in [5.74, 6) is 5.00. The molecule has 2 N–H and O–H groups in total. The maximum atomic E-state index is 12.9. The first-order chi connectivity index (χ1) is 31.5. The lowest BCUT2D eigenvalue weighted by atomic mass is 9.47. The lowest BCUT2D eigenvalue weighted by Crippen LogP contribution is -2.61. The number of rotatable bonds is 13. The Labute approximate surface area is 393 Å².